The summed E-state index contributed by atoms with van der Waals surface area (Å²) >= 11 is 0. The molecule has 0 aromatic carbocycles. The van der Waals surface area contributed by atoms with Gasteiger partial charge in [-0.1, -0.05) is 0 Å². The van der Waals surface area contributed by atoms with Gasteiger partial charge in [-0.25, -0.2) is 0 Å². The molecule has 3 heteroatoms. The molecule has 0 saturated heterocycles. The Labute approximate surface area is 102 Å². The van der Waals surface area contributed by atoms with Crippen LogP contribution in [-0.4, -0.2) is 9.67 Å². The van der Waals surface area contributed by atoms with Crippen LogP contribution in [0.1, 0.15) is 50.4 Å². The summed E-state index contributed by atoms with van der Waals surface area (Å²) in [6.45, 7) is 6.04. The zero-order valence-corrected chi connectivity index (χ0v) is 10.9. The van der Waals surface area contributed by atoms with E-state index in [2.05, 4.69) is 0 Å². The summed E-state index contributed by atoms with van der Waals surface area (Å²) in [4.78, 5) is 12.3. The first-order valence-corrected chi connectivity index (χ1v) is 6.43. The van der Waals surface area contributed by atoms with Gasteiger partial charge >= 0.3 is 0 Å². The molecule has 3 nitrogen and oxygen atoms in total. The van der Waals surface area contributed by atoms with Crippen molar-refractivity contribution in [3.8, 4) is 0 Å². The van der Waals surface area contributed by atoms with Crippen LogP contribution in [0, 0.1) is 0 Å². The number of pyridine rings is 1. The maximum Gasteiger partial charge on any atom is 0.256 e. The normalized spacial score (nSPS) is 15.8. The third-order valence-corrected chi connectivity index (χ3v) is 3.58. The molecule has 0 aliphatic heterocycles. The highest BCUT2D eigenvalue weighted by Gasteiger charge is 2.25. The minimum atomic E-state index is -1.06. The molecule has 0 saturated carbocycles. The summed E-state index contributed by atoms with van der Waals surface area (Å²) in [5.74, 6) is 0. The van der Waals surface area contributed by atoms with Crippen molar-refractivity contribution in [1.29, 1.82) is 0 Å². The molecule has 1 aliphatic rings. The lowest BCUT2D eigenvalue weighted by molar-refractivity contribution is 0.0763. The van der Waals surface area contributed by atoms with Crippen LogP contribution in [0.5, 0.6) is 0 Å². The molecule has 0 spiro atoms. The Morgan fingerprint density at radius 1 is 1.35 bits per heavy atom. The Balaban J connectivity index is 2.69. The molecule has 1 heterocycles. The number of aromatic nitrogens is 1. The van der Waals surface area contributed by atoms with Gasteiger partial charge in [0.05, 0.1) is 5.60 Å². The Morgan fingerprint density at radius 3 is 2.59 bits per heavy atom. The summed E-state index contributed by atoms with van der Waals surface area (Å²) in [7, 11) is 0. The predicted molar refractivity (Wildman–Crippen MR) is 68.3 cm³/mol. The van der Waals surface area contributed by atoms with E-state index < -0.39 is 5.60 Å². The molecule has 0 amide bonds. The van der Waals surface area contributed by atoms with Crippen molar-refractivity contribution >= 4 is 0 Å². The van der Waals surface area contributed by atoms with Crippen molar-refractivity contribution in [1.82, 2.24) is 4.57 Å². The zero-order chi connectivity index (χ0) is 12.6. The van der Waals surface area contributed by atoms with E-state index in [1.165, 1.54) is 17.7 Å². The van der Waals surface area contributed by atoms with E-state index in [9.17, 15) is 9.90 Å². The Kier molecular flexibility index (Phi) is 3.13. The molecule has 0 bridgehead atoms. The van der Waals surface area contributed by atoms with Gasteiger partial charge in [0, 0.05) is 17.8 Å². The SMILES string of the molecule is CCn1c2c(cc(C(C)(C)O)c1=O)CCCC2. The number of nitrogens with zero attached hydrogens (tertiary/aromatic N) is 1. The smallest absolute Gasteiger partial charge is 0.256 e. The van der Waals surface area contributed by atoms with Crippen molar-refractivity contribution in [2.75, 3.05) is 0 Å². The maximum atomic E-state index is 12.3. The Bertz CT molecular complexity index is 480. The third kappa shape index (κ3) is 2.16. The van der Waals surface area contributed by atoms with E-state index in [0.717, 1.165) is 19.3 Å². The lowest BCUT2D eigenvalue weighted by Gasteiger charge is -2.25. The quantitative estimate of drug-likeness (QED) is 0.851. The van der Waals surface area contributed by atoms with Gasteiger partial charge in [-0.2, -0.15) is 0 Å². The molecule has 94 valence electrons. The molecule has 17 heavy (non-hydrogen) atoms. The van der Waals surface area contributed by atoms with Crippen molar-refractivity contribution in [2.45, 2.75) is 58.6 Å². The van der Waals surface area contributed by atoms with Gasteiger partial charge in [0.15, 0.2) is 0 Å². The van der Waals surface area contributed by atoms with Crippen LogP contribution in [0.4, 0.5) is 0 Å². The minimum Gasteiger partial charge on any atom is -0.386 e. The van der Waals surface area contributed by atoms with Gasteiger partial charge in [-0.15, -0.1) is 0 Å². The second-order valence-electron chi connectivity index (χ2n) is 5.35. The molecule has 0 radical (unpaired) electrons. The van der Waals surface area contributed by atoms with Gasteiger partial charge in [0.1, 0.15) is 0 Å². The first-order chi connectivity index (χ1) is 7.95. The number of hydrogen-bond acceptors (Lipinski definition) is 2. The van der Waals surface area contributed by atoms with Crippen LogP contribution in [-0.2, 0) is 25.0 Å². The summed E-state index contributed by atoms with van der Waals surface area (Å²) < 4.78 is 1.84. The van der Waals surface area contributed by atoms with Gasteiger partial charge < -0.3 is 9.67 Å². The second-order valence-corrected chi connectivity index (χ2v) is 5.35. The number of hydrogen-bond donors (Lipinski definition) is 1. The molecule has 1 aromatic heterocycles. The van der Waals surface area contributed by atoms with Crippen LogP contribution in [0.3, 0.4) is 0 Å². The molecule has 0 atom stereocenters. The number of rotatable bonds is 2. The lowest BCUT2D eigenvalue weighted by Crippen LogP contribution is -2.35. The molecular weight excluding hydrogens is 214 g/mol. The topological polar surface area (TPSA) is 42.2 Å². The van der Waals surface area contributed by atoms with Crippen LogP contribution in [0.15, 0.2) is 10.9 Å². The largest absolute Gasteiger partial charge is 0.386 e. The van der Waals surface area contributed by atoms with E-state index in [4.69, 9.17) is 0 Å². The first kappa shape index (κ1) is 12.4. The Hall–Kier alpha value is -1.09. The Morgan fingerprint density at radius 2 is 2.00 bits per heavy atom. The zero-order valence-electron chi connectivity index (χ0n) is 10.9. The van der Waals surface area contributed by atoms with Gasteiger partial charge in [-0.05, 0) is 58.1 Å². The molecule has 1 aromatic rings. The molecule has 1 aliphatic carbocycles. The average Bonchev–Trinajstić information content (AvgIpc) is 2.27. The van der Waals surface area contributed by atoms with E-state index >= 15 is 0 Å². The van der Waals surface area contributed by atoms with Crippen LogP contribution in [0.25, 0.3) is 0 Å². The average molecular weight is 235 g/mol. The van der Waals surface area contributed by atoms with Crippen molar-refractivity contribution in [2.24, 2.45) is 0 Å². The van der Waals surface area contributed by atoms with E-state index in [1.807, 2.05) is 17.6 Å². The van der Waals surface area contributed by atoms with Crippen LogP contribution >= 0.6 is 0 Å². The fourth-order valence-electron chi connectivity index (χ4n) is 2.65. The highest BCUT2D eigenvalue weighted by atomic mass is 16.3. The summed E-state index contributed by atoms with van der Waals surface area (Å²) in [5.41, 5.74) is 1.87. The summed E-state index contributed by atoms with van der Waals surface area (Å²) in [5, 5.41) is 10.1. The van der Waals surface area contributed by atoms with Gasteiger partial charge in [0.2, 0.25) is 0 Å². The third-order valence-electron chi connectivity index (χ3n) is 3.58. The highest BCUT2D eigenvalue weighted by Crippen LogP contribution is 2.24. The van der Waals surface area contributed by atoms with Crippen LogP contribution < -0.4 is 5.56 Å². The highest BCUT2D eigenvalue weighted by molar-refractivity contribution is 5.31. The fraction of sp³-hybridized carbons (Fsp3) is 0.643. The lowest BCUT2D eigenvalue weighted by atomic mass is 9.90. The summed E-state index contributed by atoms with van der Waals surface area (Å²) in [6, 6.07) is 1.92. The number of fused-ring (bicyclic) bond motifs is 1. The van der Waals surface area contributed by atoms with Gasteiger partial charge in [0.25, 0.3) is 5.56 Å². The molecular formula is C14H21NO2. The maximum absolute atomic E-state index is 12.3. The van der Waals surface area contributed by atoms with Crippen LogP contribution in [0.2, 0.25) is 0 Å². The fourth-order valence-corrected chi connectivity index (χ4v) is 2.65. The standard InChI is InChI=1S/C14H21NO2/c1-4-15-12-8-6-5-7-10(12)9-11(13(15)16)14(2,3)17/h9,17H,4-8H2,1-3H3. The van der Waals surface area contributed by atoms with Crippen molar-refractivity contribution in [3.63, 3.8) is 0 Å². The van der Waals surface area contributed by atoms with Crippen molar-refractivity contribution in [3.05, 3.63) is 33.2 Å². The van der Waals surface area contributed by atoms with E-state index in [-0.39, 0.29) is 5.56 Å². The number of aliphatic hydroxyl groups is 1. The van der Waals surface area contributed by atoms with E-state index in [1.54, 1.807) is 13.8 Å². The monoisotopic (exact) mass is 235 g/mol. The molecule has 1 N–H and O–H groups in total. The first-order valence-electron chi connectivity index (χ1n) is 6.43. The molecule has 0 fully saturated rings. The van der Waals surface area contributed by atoms with Gasteiger partial charge in [-0.3, -0.25) is 4.79 Å². The van der Waals surface area contributed by atoms with E-state index in [0.29, 0.717) is 12.1 Å². The van der Waals surface area contributed by atoms with Crippen molar-refractivity contribution < 1.29 is 5.11 Å². The summed E-state index contributed by atoms with van der Waals surface area (Å²) in [6.07, 6.45) is 4.36. The second kappa shape index (κ2) is 4.30. The molecule has 0 unspecified atom stereocenters. The number of aryl methyl sites for hydroxylation is 1. The minimum absolute atomic E-state index is 0.0272. The molecule has 2 rings (SSSR count). The predicted octanol–water partition coefficient (Wildman–Crippen LogP) is 1.97.